The molecule has 3 aliphatic heterocycles. The largest absolute Gasteiger partial charge is 0.460 e. The van der Waals surface area contributed by atoms with Crippen LogP contribution in [-0.2, 0) is 41.6 Å². The SMILES string of the molecule is C=CCCC(=O)NC[C@H](C)OC(=O)[C@@H]1[C@@H]2CC[C@]3(O2)[C@H](C(=O)N(CC=C)Cc2ccccc2)N([C@@H](CO)Cc2ccccc2)C(=O)[C@@H]13. The Bertz CT molecular complexity index is 1450. The fraction of sp³-hybridized carbons (Fsp3) is 0.459. The number of likely N-dealkylation sites (tertiary alicyclic amines) is 1. The summed E-state index contributed by atoms with van der Waals surface area (Å²) >= 11 is 0. The zero-order valence-corrected chi connectivity index (χ0v) is 27.0. The molecule has 3 fully saturated rings. The van der Waals surface area contributed by atoms with Crippen molar-refractivity contribution in [1.29, 1.82) is 0 Å². The van der Waals surface area contributed by atoms with Crippen LogP contribution in [0.2, 0.25) is 0 Å². The Balaban J connectivity index is 1.45. The molecular formula is C37H45N3O7. The van der Waals surface area contributed by atoms with Crippen LogP contribution in [0.5, 0.6) is 0 Å². The first-order valence-corrected chi connectivity index (χ1v) is 16.4. The molecule has 250 valence electrons. The highest BCUT2D eigenvalue weighted by Gasteiger charge is 2.75. The summed E-state index contributed by atoms with van der Waals surface area (Å²) in [5.74, 6) is -3.36. The maximum absolute atomic E-state index is 14.7. The Morgan fingerprint density at radius 1 is 1.11 bits per heavy atom. The first-order valence-electron chi connectivity index (χ1n) is 16.4. The molecule has 10 heteroatoms. The molecule has 3 heterocycles. The van der Waals surface area contributed by atoms with Gasteiger partial charge in [0.1, 0.15) is 17.7 Å². The summed E-state index contributed by atoms with van der Waals surface area (Å²) in [6.45, 7) is 9.45. The zero-order valence-electron chi connectivity index (χ0n) is 27.0. The van der Waals surface area contributed by atoms with Gasteiger partial charge in [-0.25, -0.2) is 0 Å². The second-order valence-corrected chi connectivity index (χ2v) is 12.7. The molecule has 2 bridgehead atoms. The fourth-order valence-corrected chi connectivity index (χ4v) is 7.43. The Morgan fingerprint density at radius 3 is 2.43 bits per heavy atom. The molecule has 0 aliphatic carbocycles. The van der Waals surface area contributed by atoms with Crippen LogP contribution in [0.3, 0.4) is 0 Å². The van der Waals surface area contributed by atoms with Gasteiger partial charge in [-0.15, -0.1) is 13.2 Å². The Hall–Kier alpha value is -4.28. The minimum absolute atomic E-state index is 0.122. The first kappa shape index (κ1) is 34.1. The van der Waals surface area contributed by atoms with Gasteiger partial charge in [0.2, 0.25) is 17.7 Å². The van der Waals surface area contributed by atoms with Gasteiger partial charge in [-0.3, -0.25) is 19.2 Å². The predicted molar refractivity (Wildman–Crippen MR) is 176 cm³/mol. The van der Waals surface area contributed by atoms with Crippen molar-refractivity contribution in [3.63, 3.8) is 0 Å². The van der Waals surface area contributed by atoms with Gasteiger partial charge >= 0.3 is 5.97 Å². The molecular weight excluding hydrogens is 598 g/mol. The van der Waals surface area contributed by atoms with Crippen molar-refractivity contribution in [1.82, 2.24) is 15.1 Å². The summed E-state index contributed by atoms with van der Waals surface area (Å²) in [7, 11) is 0. The molecule has 3 amide bonds. The van der Waals surface area contributed by atoms with E-state index in [1.54, 1.807) is 24.0 Å². The average Bonchev–Trinajstić information content (AvgIpc) is 3.73. The maximum Gasteiger partial charge on any atom is 0.312 e. The van der Waals surface area contributed by atoms with Crippen molar-refractivity contribution in [3.8, 4) is 0 Å². The van der Waals surface area contributed by atoms with Crippen LogP contribution in [0.25, 0.3) is 0 Å². The number of benzene rings is 2. The van der Waals surface area contributed by atoms with E-state index in [1.165, 1.54) is 4.90 Å². The summed E-state index contributed by atoms with van der Waals surface area (Å²) in [5.41, 5.74) is 0.557. The normalized spacial score (nSPS) is 25.5. The van der Waals surface area contributed by atoms with Gasteiger partial charge in [0.25, 0.3) is 0 Å². The molecule has 0 aromatic heterocycles. The van der Waals surface area contributed by atoms with Crippen molar-refractivity contribution >= 4 is 23.7 Å². The first-order chi connectivity index (χ1) is 22.7. The number of amides is 3. The van der Waals surface area contributed by atoms with Crippen LogP contribution in [-0.4, -0.2) is 88.2 Å². The van der Waals surface area contributed by atoms with Crippen LogP contribution < -0.4 is 5.32 Å². The summed E-state index contributed by atoms with van der Waals surface area (Å²) in [6, 6.07) is 17.3. The Morgan fingerprint density at radius 2 is 1.79 bits per heavy atom. The van der Waals surface area contributed by atoms with Gasteiger partial charge < -0.3 is 29.7 Å². The van der Waals surface area contributed by atoms with E-state index in [0.717, 1.165) is 11.1 Å². The third kappa shape index (κ3) is 7.04. The Labute approximate surface area is 276 Å². The summed E-state index contributed by atoms with van der Waals surface area (Å²) in [5, 5.41) is 13.5. The lowest BCUT2D eigenvalue weighted by Gasteiger charge is -2.39. The predicted octanol–water partition coefficient (Wildman–Crippen LogP) is 3.19. The molecule has 10 nitrogen and oxygen atoms in total. The lowest BCUT2D eigenvalue weighted by Crippen LogP contribution is -2.59. The minimum atomic E-state index is -1.26. The van der Waals surface area contributed by atoms with Gasteiger partial charge in [-0.1, -0.05) is 72.8 Å². The number of allylic oxidation sites excluding steroid dienone is 1. The number of aliphatic hydroxyl groups is 1. The molecule has 0 saturated carbocycles. The van der Waals surface area contributed by atoms with Crippen molar-refractivity contribution < 1.29 is 33.8 Å². The lowest BCUT2D eigenvalue weighted by atomic mass is 9.70. The van der Waals surface area contributed by atoms with Crippen molar-refractivity contribution in [3.05, 3.63) is 97.1 Å². The van der Waals surface area contributed by atoms with E-state index < -0.39 is 53.6 Å². The standard InChI is InChI=1S/C37H45N3O7/c1-4-6-17-30(42)38-22-25(3)46-36(45)31-29-18-19-37(47-29)32(31)34(43)40(28(24-41)21-26-13-9-7-10-14-26)33(37)35(44)39(20-5-2)23-27-15-11-8-12-16-27/h4-5,7-16,25,28-29,31-33,41H,1-2,6,17-24H2,3H3,(H,38,42)/t25-,28+,29-,31+,32+,33-,37+/m0/s1. The van der Waals surface area contributed by atoms with Crippen LogP contribution in [0, 0.1) is 11.8 Å². The molecule has 1 spiro atoms. The van der Waals surface area contributed by atoms with E-state index in [-0.39, 0.29) is 37.9 Å². The van der Waals surface area contributed by atoms with Gasteiger partial charge in [0, 0.05) is 19.5 Å². The van der Waals surface area contributed by atoms with E-state index in [2.05, 4.69) is 18.5 Å². The highest BCUT2D eigenvalue weighted by Crippen LogP contribution is 2.59. The Kier molecular flexibility index (Phi) is 10.9. The number of rotatable bonds is 16. The van der Waals surface area contributed by atoms with E-state index in [0.29, 0.717) is 32.2 Å². The van der Waals surface area contributed by atoms with Gasteiger partial charge in [-0.2, -0.15) is 0 Å². The summed E-state index contributed by atoms with van der Waals surface area (Å²) in [4.78, 5) is 58.4. The van der Waals surface area contributed by atoms with E-state index in [9.17, 15) is 24.3 Å². The number of carbonyl (C=O) groups excluding carboxylic acids is 4. The molecule has 2 aromatic carbocycles. The number of ether oxygens (including phenoxy) is 2. The van der Waals surface area contributed by atoms with E-state index in [1.807, 2.05) is 60.7 Å². The van der Waals surface area contributed by atoms with Crippen molar-refractivity contribution in [2.45, 2.75) is 75.5 Å². The number of aliphatic hydroxyl groups excluding tert-OH is 1. The molecule has 0 radical (unpaired) electrons. The molecule has 7 atom stereocenters. The van der Waals surface area contributed by atoms with Crippen LogP contribution in [0.4, 0.5) is 0 Å². The molecule has 3 saturated heterocycles. The van der Waals surface area contributed by atoms with Crippen LogP contribution >= 0.6 is 0 Å². The molecule has 5 rings (SSSR count). The second-order valence-electron chi connectivity index (χ2n) is 12.7. The quantitative estimate of drug-likeness (QED) is 0.213. The summed E-state index contributed by atoms with van der Waals surface area (Å²) < 4.78 is 12.4. The molecule has 2 N–H and O–H groups in total. The summed E-state index contributed by atoms with van der Waals surface area (Å²) in [6.07, 6.45) is 4.11. The van der Waals surface area contributed by atoms with Gasteiger partial charge in [0.15, 0.2) is 0 Å². The number of nitrogens with zero attached hydrogens (tertiary/aromatic N) is 2. The average molecular weight is 644 g/mol. The lowest BCUT2D eigenvalue weighted by molar-refractivity contribution is -0.160. The van der Waals surface area contributed by atoms with Crippen molar-refractivity contribution in [2.24, 2.45) is 11.8 Å². The minimum Gasteiger partial charge on any atom is -0.460 e. The third-order valence-electron chi connectivity index (χ3n) is 9.52. The fourth-order valence-electron chi connectivity index (χ4n) is 7.43. The third-order valence-corrected chi connectivity index (χ3v) is 9.52. The molecule has 2 aromatic rings. The van der Waals surface area contributed by atoms with Gasteiger partial charge in [-0.05, 0) is 43.7 Å². The van der Waals surface area contributed by atoms with Gasteiger partial charge in [0.05, 0.1) is 37.1 Å². The second kappa shape index (κ2) is 15.1. The van der Waals surface area contributed by atoms with E-state index >= 15 is 0 Å². The highest BCUT2D eigenvalue weighted by molar-refractivity contribution is 5.98. The number of carbonyl (C=O) groups is 4. The monoisotopic (exact) mass is 643 g/mol. The number of esters is 1. The van der Waals surface area contributed by atoms with Crippen LogP contribution in [0.15, 0.2) is 86.0 Å². The number of fused-ring (bicyclic) bond motifs is 1. The maximum atomic E-state index is 14.7. The molecule has 47 heavy (non-hydrogen) atoms. The molecule has 3 aliphatic rings. The number of hydrogen-bond donors (Lipinski definition) is 2. The molecule has 0 unspecified atom stereocenters. The van der Waals surface area contributed by atoms with E-state index in [4.69, 9.17) is 9.47 Å². The topological polar surface area (TPSA) is 125 Å². The number of nitrogens with one attached hydrogen (secondary N) is 1. The van der Waals surface area contributed by atoms with Crippen LogP contribution in [0.1, 0.15) is 43.7 Å². The highest BCUT2D eigenvalue weighted by atomic mass is 16.6. The van der Waals surface area contributed by atoms with Crippen molar-refractivity contribution in [2.75, 3.05) is 19.7 Å². The number of hydrogen-bond acceptors (Lipinski definition) is 7. The zero-order chi connectivity index (χ0) is 33.6. The smallest absolute Gasteiger partial charge is 0.312 e.